The van der Waals surface area contributed by atoms with E-state index in [-0.39, 0.29) is 11.4 Å². The first kappa shape index (κ1) is 13.8. The zero-order valence-corrected chi connectivity index (χ0v) is 11.8. The maximum Gasteiger partial charge on any atom is 0.333 e. The number of aryl methyl sites for hydroxylation is 1. The van der Waals surface area contributed by atoms with E-state index in [0.29, 0.717) is 11.3 Å². The quantitative estimate of drug-likeness (QED) is 0.656. The first-order valence-corrected chi connectivity index (χ1v) is 6.62. The van der Waals surface area contributed by atoms with E-state index in [4.69, 9.17) is 0 Å². The Morgan fingerprint density at radius 3 is 2.36 bits per heavy atom. The molecule has 1 aliphatic heterocycles. The van der Waals surface area contributed by atoms with Crippen molar-refractivity contribution in [2.45, 2.75) is 6.92 Å². The highest BCUT2D eigenvalue weighted by Crippen LogP contribution is 2.30. The Morgan fingerprint density at radius 1 is 1.09 bits per heavy atom. The van der Waals surface area contributed by atoms with Crippen molar-refractivity contribution in [3.05, 3.63) is 64.7 Å². The van der Waals surface area contributed by atoms with Crippen LogP contribution in [0.2, 0.25) is 0 Å². The lowest BCUT2D eigenvalue weighted by molar-refractivity contribution is -0.113. The molecule has 0 aliphatic carbocycles. The van der Waals surface area contributed by atoms with Crippen LogP contribution >= 0.6 is 0 Å². The molecular formula is C16H13N3O3. The average Bonchev–Trinajstić information content (AvgIpc) is 2.73. The molecule has 2 N–H and O–H groups in total. The maximum atomic E-state index is 12.4. The van der Waals surface area contributed by atoms with Gasteiger partial charge in [-0.25, -0.2) is 9.69 Å². The summed E-state index contributed by atoms with van der Waals surface area (Å²) in [5, 5.41) is 2.33. The average molecular weight is 295 g/mol. The Bertz CT molecular complexity index is 853. The topological polar surface area (TPSA) is 82.3 Å². The van der Waals surface area contributed by atoms with Gasteiger partial charge >= 0.3 is 6.03 Å². The Balaban J connectivity index is 2.28. The summed E-state index contributed by atoms with van der Waals surface area (Å²) >= 11 is 0. The van der Waals surface area contributed by atoms with Crippen molar-refractivity contribution in [2.75, 3.05) is 4.90 Å². The van der Waals surface area contributed by atoms with E-state index in [1.165, 1.54) is 0 Å². The molecule has 0 bridgehead atoms. The molecule has 2 aromatic rings. The number of rotatable bonds is 2. The van der Waals surface area contributed by atoms with E-state index < -0.39 is 17.5 Å². The van der Waals surface area contributed by atoms with Gasteiger partial charge in [0.1, 0.15) is 11.4 Å². The number of carbonyl (C=O) groups excluding carboxylic acids is 2. The summed E-state index contributed by atoms with van der Waals surface area (Å²) in [6.07, 6.45) is 0. The molecule has 1 aliphatic rings. The highest BCUT2D eigenvalue weighted by atomic mass is 16.2. The number of anilines is 1. The van der Waals surface area contributed by atoms with Crippen molar-refractivity contribution in [2.24, 2.45) is 0 Å². The smallest absolute Gasteiger partial charge is 0.325 e. The molecule has 3 amide bonds. The Morgan fingerprint density at radius 2 is 1.77 bits per heavy atom. The second-order valence-corrected chi connectivity index (χ2v) is 4.96. The van der Waals surface area contributed by atoms with Crippen LogP contribution in [0.5, 0.6) is 0 Å². The van der Waals surface area contributed by atoms with Gasteiger partial charge in [-0.3, -0.25) is 9.59 Å². The normalized spacial score (nSPS) is 14.4. The van der Waals surface area contributed by atoms with Crippen LogP contribution in [-0.2, 0) is 4.79 Å². The molecule has 0 unspecified atom stereocenters. The minimum Gasteiger partial charge on any atom is -0.325 e. The van der Waals surface area contributed by atoms with Gasteiger partial charge < -0.3 is 10.3 Å². The third kappa shape index (κ3) is 2.10. The molecule has 1 aromatic heterocycles. The Labute approximate surface area is 126 Å². The number of aromatic nitrogens is 1. The van der Waals surface area contributed by atoms with Gasteiger partial charge in [0.2, 0.25) is 0 Å². The second-order valence-electron chi connectivity index (χ2n) is 4.96. The summed E-state index contributed by atoms with van der Waals surface area (Å²) < 4.78 is 0. The number of benzene rings is 1. The lowest BCUT2D eigenvalue weighted by atomic mass is 10.0. The lowest BCUT2D eigenvalue weighted by Gasteiger charge is -2.16. The highest BCUT2D eigenvalue weighted by Gasteiger charge is 2.37. The lowest BCUT2D eigenvalue weighted by Crippen LogP contribution is -2.35. The maximum absolute atomic E-state index is 12.4. The number of urea groups is 1. The molecule has 6 nitrogen and oxygen atoms in total. The van der Waals surface area contributed by atoms with Gasteiger partial charge in [-0.05, 0) is 18.6 Å². The molecule has 3 rings (SSSR count). The van der Waals surface area contributed by atoms with Gasteiger partial charge in [-0.1, -0.05) is 36.9 Å². The van der Waals surface area contributed by atoms with Gasteiger partial charge in [0, 0.05) is 11.3 Å². The summed E-state index contributed by atoms with van der Waals surface area (Å²) in [5.41, 5.74) is 1.34. The highest BCUT2D eigenvalue weighted by molar-refractivity contribution is 6.27. The molecular weight excluding hydrogens is 282 g/mol. The zero-order chi connectivity index (χ0) is 15.9. The molecule has 22 heavy (non-hydrogen) atoms. The SMILES string of the molecule is C=C1NC(=O)N(c2c(-c3ccccc3)cc(C)[nH]c2=O)C1=O. The van der Waals surface area contributed by atoms with E-state index in [9.17, 15) is 14.4 Å². The van der Waals surface area contributed by atoms with Gasteiger partial charge in [0.25, 0.3) is 11.5 Å². The molecule has 0 atom stereocenters. The Hall–Kier alpha value is -3.15. The van der Waals surface area contributed by atoms with Crippen molar-refractivity contribution in [3.8, 4) is 11.1 Å². The molecule has 1 fully saturated rings. The summed E-state index contributed by atoms with van der Waals surface area (Å²) in [5.74, 6) is -0.628. The molecule has 0 radical (unpaired) electrons. The van der Waals surface area contributed by atoms with Crippen LogP contribution in [-0.4, -0.2) is 16.9 Å². The number of hydrogen-bond acceptors (Lipinski definition) is 3. The van der Waals surface area contributed by atoms with Crippen molar-refractivity contribution in [1.29, 1.82) is 0 Å². The minimum absolute atomic E-state index is 0.00190. The molecule has 6 heteroatoms. The van der Waals surface area contributed by atoms with E-state index in [0.717, 1.165) is 10.5 Å². The predicted octanol–water partition coefficient (Wildman–Crippen LogP) is 1.92. The van der Waals surface area contributed by atoms with E-state index >= 15 is 0 Å². The number of pyridine rings is 1. The first-order chi connectivity index (χ1) is 10.5. The van der Waals surface area contributed by atoms with Crippen molar-refractivity contribution in [3.63, 3.8) is 0 Å². The van der Waals surface area contributed by atoms with Crippen molar-refractivity contribution < 1.29 is 9.59 Å². The Kier molecular flexibility index (Phi) is 3.14. The summed E-state index contributed by atoms with van der Waals surface area (Å²) in [7, 11) is 0. The number of H-pyrrole nitrogens is 1. The van der Waals surface area contributed by atoms with E-state index in [1.54, 1.807) is 13.0 Å². The first-order valence-electron chi connectivity index (χ1n) is 6.62. The number of nitrogens with zero attached hydrogens (tertiary/aromatic N) is 1. The van der Waals surface area contributed by atoms with Crippen LogP contribution in [0.15, 0.2) is 53.5 Å². The number of aromatic amines is 1. The molecule has 0 spiro atoms. The third-order valence-electron chi connectivity index (χ3n) is 3.37. The summed E-state index contributed by atoms with van der Waals surface area (Å²) in [6, 6.07) is 10.2. The minimum atomic E-state index is -0.679. The van der Waals surface area contributed by atoms with E-state index in [2.05, 4.69) is 16.9 Å². The van der Waals surface area contributed by atoms with Gasteiger partial charge in [0.15, 0.2) is 0 Å². The van der Waals surface area contributed by atoms with Crippen LogP contribution < -0.4 is 15.8 Å². The van der Waals surface area contributed by atoms with Gasteiger partial charge in [-0.15, -0.1) is 0 Å². The standard InChI is InChI=1S/C16H13N3O3/c1-9-8-12(11-6-4-3-5-7-11)13(14(20)17-9)19-15(21)10(2)18-16(19)22/h3-8H,2H2,1H3,(H,17,20)(H,18,22). The molecule has 0 saturated carbocycles. The molecule has 1 aromatic carbocycles. The fraction of sp³-hybridized carbons (Fsp3) is 0.0625. The van der Waals surface area contributed by atoms with Crippen LogP contribution in [0.25, 0.3) is 11.1 Å². The van der Waals surface area contributed by atoms with Crippen LogP contribution in [0.4, 0.5) is 10.5 Å². The summed E-state index contributed by atoms with van der Waals surface area (Å²) in [6.45, 7) is 5.21. The third-order valence-corrected chi connectivity index (χ3v) is 3.37. The van der Waals surface area contributed by atoms with Crippen LogP contribution in [0.3, 0.4) is 0 Å². The van der Waals surface area contributed by atoms with Crippen LogP contribution in [0.1, 0.15) is 5.69 Å². The number of imide groups is 1. The number of hydrogen-bond donors (Lipinski definition) is 2. The fourth-order valence-corrected chi connectivity index (χ4v) is 2.41. The van der Waals surface area contributed by atoms with Gasteiger partial charge in [0.05, 0.1) is 0 Å². The number of carbonyl (C=O) groups is 2. The molecule has 2 heterocycles. The summed E-state index contributed by atoms with van der Waals surface area (Å²) in [4.78, 5) is 39.9. The number of amides is 3. The van der Waals surface area contributed by atoms with Crippen LogP contribution in [0, 0.1) is 6.92 Å². The second kappa shape index (κ2) is 5.00. The number of nitrogens with one attached hydrogen (secondary N) is 2. The van der Waals surface area contributed by atoms with Crippen molar-refractivity contribution >= 4 is 17.6 Å². The fourth-order valence-electron chi connectivity index (χ4n) is 2.41. The monoisotopic (exact) mass is 295 g/mol. The zero-order valence-electron chi connectivity index (χ0n) is 11.8. The predicted molar refractivity (Wildman–Crippen MR) is 82.4 cm³/mol. The van der Waals surface area contributed by atoms with E-state index in [1.807, 2.05) is 30.3 Å². The van der Waals surface area contributed by atoms with Gasteiger partial charge in [-0.2, -0.15) is 0 Å². The largest absolute Gasteiger partial charge is 0.333 e. The molecule has 110 valence electrons. The van der Waals surface area contributed by atoms with Crippen molar-refractivity contribution in [1.82, 2.24) is 10.3 Å². The molecule has 1 saturated heterocycles.